The summed E-state index contributed by atoms with van der Waals surface area (Å²) in [5.74, 6) is 0.870. The molecule has 1 aromatic carbocycles. The van der Waals surface area contributed by atoms with Gasteiger partial charge in [-0.3, -0.25) is 0 Å². The Kier molecular flexibility index (Phi) is 5.12. The minimum atomic E-state index is -0.00125. The molecule has 0 fully saturated rings. The lowest BCUT2D eigenvalue weighted by Gasteiger charge is -2.28. The van der Waals surface area contributed by atoms with Crippen molar-refractivity contribution in [3.8, 4) is 5.75 Å². The highest BCUT2D eigenvalue weighted by Crippen LogP contribution is 2.34. The van der Waals surface area contributed by atoms with Gasteiger partial charge in [0.15, 0.2) is 0 Å². The molecule has 0 bridgehead atoms. The van der Waals surface area contributed by atoms with Gasteiger partial charge >= 0.3 is 0 Å². The molecule has 86 valence electrons. The second-order valence-electron chi connectivity index (χ2n) is 4.59. The van der Waals surface area contributed by atoms with Crippen LogP contribution in [0, 0.1) is 5.41 Å². The molecule has 15 heavy (non-hydrogen) atoms. The van der Waals surface area contributed by atoms with Gasteiger partial charge in [-0.25, -0.2) is 0 Å². The summed E-state index contributed by atoms with van der Waals surface area (Å²) in [5, 5.41) is 0. The first-order valence-electron chi connectivity index (χ1n) is 4.85. The SMILES string of the molecule is COc1ccccc1C(N)C(C)(C)C.Cl. The Labute approximate surface area is 98.2 Å². The van der Waals surface area contributed by atoms with E-state index in [1.807, 2.05) is 24.3 Å². The van der Waals surface area contributed by atoms with Crippen LogP contribution in [0.3, 0.4) is 0 Å². The summed E-state index contributed by atoms with van der Waals surface area (Å²) in [4.78, 5) is 0. The maximum absolute atomic E-state index is 6.17. The fourth-order valence-corrected chi connectivity index (χ4v) is 1.39. The van der Waals surface area contributed by atoms with Crippen molar-refractivity contribution in [1.82, 2.24) is 0 Å². The monoisotopic (exact) mass is 229 g/mol. The van der Waals surface area contributed by atoms with Crippen molar-refractivity contribution in [2.75, 3.05) is 7.11 Å². The van der Waals surface area contributed by atoms with Crippen LogP contribution in [0.25, 0.3) is 0 Å². The Morgan fingerprint density at radius 3 is 2.20 bits per heavy atom. The molecule has 0 spiro atoms. The third-order valence-corrected chi connectivity index (χ3v) is 2.41. The topological polar surface area (TPSA) is 35.2 Å². The summed E-state index contributed by atoms with van der Waals surface area (Å²) < 4.78 is 5.28. The van der Waals surface area contributed by atoms with E-state index in [2.05, 4.69) is 20.8 Å². The van der Waals surface area contributed by atoms with E-state index in [-0.39, 0.29) is 23.9 Å². The van der Waals surface area contributed by atoms with E-state index in [1.54, 1.807) is 7.11 Å². The second-order valence-corrected chi connectivity index (χ2v) is 4.59. The lowest BCUT2D eigenvalue weighted by atomic mass is 9.83. The van der Waals surface area contributed by atoms with Gasteiger partial charge in [0, 0.05) is 11.6 Å². The predicted octanol–water partition coefficient (Wildman–Crippen LogP) is 3.16. The molecule has 0 heterocycles. The fourth-order valence-electron chi connectivity index (χ4n) is 1.39. The van der Waals surface area contributed by atoms with Crippen molar-refractivity contribution in [1.29, 1.82) is 0 Å². The molecule has 0 aliphatic carbocycles. The number of rotatable bonds is 2. The van der Waals surface area contributed by atoms with Crippen molar-refractivity contribution in [2.24, 2.45) is 11.1 Å². The fraction of sp³-hybridized carbons (Fsp3) is 0.500. The van der Waals surface area contributed by atoms with Gasteiger partial charge in [0.05, 0.1) is 7.11 Å². The number of methoxy groups -OCH3 is 1. The first-order chi connectivity index (χ1) is 6.46. The highest BCUT2D eigenvalue weighted by atomic mass is 35.5. The molecule has 1 atom stereocenters. The highest BCUT2D eigenvalue weighted by molar-refractivity contribution is 5.85. The summed E-state index contributed by atoms with van der Waals surface area (Å²) in [5.41, 5.74) is 7.29. The second kappa shape index (κ2) is 5.38. The highest BCUT2D eigenvalue weighted by Gasteiger charge is 2.24. The molecule has 0 saturated carbocycles. The zero-order valence-electron chi connectivity index (χ0n) is 9.78. The third kappa shape index (κ3) is 3.40. The van der Waals surface area contributed by atoms with E-state index in [1.165, 1.54) is 0 Å². The Morgan fingerprint density at radius 1 is 1.20 bits per heavy atom. The van der Waals surface area contributed by atoms with E-state index in [4.69, 9.17) is 10.5 Å². The molecule has 3 heteroatoms. The van der Waals surface area contributed by atoms with Crippen molar-refractivity contribution in [2.45, 2.75) is 26.8 Å². The quantitative estimate of drug-likeness (QED) is 0.846. The largest absolute Gasteiger partial charge is 0.496 e. The van der Waals surface area contributed by atoms with Gasteiger partial charge in [0.25, 0.3) is 0 Å². The van der Waals surface area contributed by atoms with E-state index >= 15 is 0 Å². The molecule has 1 rings (SSSR count). The van der Waals surface area contributed by atoms with Crippen molar-refractivity contribution < 1.29 is 4.74 Å². The molecule has 1 aromatic rings. The molecule has 0 radical (unpaired) electrons. The van der Waals surface area contributed by atoms with Gasteiger partial charge in [-0.2, -0.15) is 0 Å². The molecule has 2 nitrogen and oxygen atoms in total. The summed E-state index contributed by atoms with van der Waals surface area (Å²) in [6.45, 7) is 6.39. The van der Waals surface area contributed by atoms with Gasteiger partial charge < -0.3 is 10.5 Å². The lowest BCUT2D eigenvalue weighted by molar-refractivity contribution is 0.314. The standard InChI is InChI=1S/C12H19NO.ClH/c1-12(2,3)11(13)9-7-5-6-8-10(9)14-4;/h5-8,11H,13H2,1-4H3;1H. The number of ether oxygens (including phenoxy) is 1. The third-order valence-electron chi connectivity index (χ3n) is 2.41. The van der Waals surface area contributed by atoms with Gasteiger partial charge in [-0.15, -0.1) is 12.4 Å². The van der Waals surface area contributed by atoms with E-state index in [0.29, 0.717) is 0 Å². The molecule has 0 saturated heterocycles. The first-order valence-corrected chi connectivity index (χ1v) is 4.85. The van der Waals surface area contributed by atoms with Gasteiger partial charge in [-0.05, 0) is 11.5 Å². The number of para-hydroxylation sites is 1. The average molecular weight is 230 g/mol. The van der Waals surface area contributed by atoms with Gasteiger partial charge in [0.2, 0.25) is 0 Å². The summed E-state index contributed by atoms with van der Waals surface area (Å²) in [7, 11) is 1.67. The van der Waals surface area contributed by atoms with E-state index in [9.17, 15) is 0 Å². The van der Waals surface area contributed by atoms with Crippen LogP contribution < -0.4 is 10.5 Å². The first kappa shape index (κ1) is 14.3. The van der Waals surface area contributed by atoms with Gasteiger partial charge in [-0.1, -0.05) is 39.0 Å². The predicted molar refractivity (Wildman–Crippen MR) is 66.6 cm³/mol. The minimum Gasteiger partial charge on any atom is -0.496 e. The number of hydrogen-bond acceptors (Lipinski definition) is 2. The molecule has 0 aliphatic rings. The average Bonchev–Trinajstić information content (AvgIpc) is 2.15. The summed E-state index contributed by atoms with van der Waals surface area (Å²) in [6, 6.07) is 7.91. The van der Waals surface area contributed by atoms with Crippen LogP contribution >= 0.6 is 12.4 Å². The number of hydrogen-bond donors (Lipinski definition) is 1. The lowest BCUT2D eigenvalue weighted by Crippen LogP contribution is -2.26. The Morgan fingerprint density at radius 2 is 1.73 bits per heavy atom. The van der Waals surface area contributed by atoms with Crippen molar-refractivity contribution in [3.63, 3.8) is 0 Å². The van der Waals surface area contributed by atoms with Gasteiger partial charge in [0.1, 0.15) is 5.75 Å². The van der Waals surface area contributed by atoms with Crippen LogP contribution in [0.5, 0.6) is 5.75 Å². The summed E-state index contributed by atoms with van der Waals surface area (Å²) >= 11 is 0. The normalized spacial score (nSPS) is 12.9. The van der Waals surface area contributed by atoms with Crippen molar-refractivity contribution in [3.05, 3.63) is 29.8 Å². The molecule has 2 N–H and O–H groups in total. The zero-order chi connectivity index (χ0) is 10.8. The molecule has 0 aromatic heterocycles. The Hall–Kier alpha value is -0.730. The van der Waals surface area contributed by atoms with E-state index in [0.717, 1.165) is 11.3 Å². The number of nitrogens with two attached hydrogens (primary N) is 1. The van der Waals surface area contributed by atoms with E-state index < -0.39 is 0 Å². The zero-order valence-corrected chi connectivity index (χ0v) is 10.6. The minimum absolute atomic E-state index is 0. The molecule has 1 unspecified atom stereocenters. The Bertz CT molecular complexity index is 307. The molecular weight excluding hydrogens is 210 g/mol. The molecule has 0 aliphatic heterocycles. The maximum atomic E-state index is 6.17. The van der Waals surface area contributed by atoms with Crippen LogP contribution in [-0.4, -0.2) is 7.11 Å². The van der Waals surface area contributed by atoms with Crippen LogP contribution in [0.4, 0.5) is 0 Å². The molecule has 0 amide bonds. The maximum Gasteiger partial charge on any atom is 0.123 e. The van der Waals surface area contributed by atoms with Crippen LogP contribution in [-0.2, 0) is 0 Å². The summed E-state index contributed by atoms with van der Waals surface area (Å²) in [6.07, 6.45) is 0. The van der Waals surface area contributed by atoms with Crippen LogP contribution in [0.15, 0.2) is 24.3 Å². The van der Waals surface area contributed by atoms with Crippen molar-refractivity contribution >= 4 is 12.4 Å². The smallest absolute Gasteiger partial charge is 0.123 e. The van der Waals surface area contributed by atoms with Crippen LogP contribution in [0.2, 0.25) is 0 Å². The molecular formula is C12H20ClNO. The number of halogens is 1. The number of benzene rings is 1. The van der Waals surface area contributed by atoms with Crippen LogP contribution in [0.1, 0.15) is 32.4 Å². The Balaban J connectivity index is 0.00000196.